The van der Waals surface area contributed by atoms with Crippen LogP contribution in [0.2, 0.25) is 0 Å². The third-order valence-electron chi connectivity index (χ3n) is 4.22. The van der Waals surface area contributed by atoms with Crippen LogP contribution in [0.5, 0.6) is 5.75 Å². The molecule has 31 heavy (non-hydrogen) atoms. The molecule has 1 aromatic carbocycles. The van der Waals surface area contributed by atoms with E-state index in [2.05, 4.69) is 25.6 Å². The van der Waals surface area contributed by atoms with Crippen LogP contribution >= 0.6 is 27.3 Å². The molecule has 0 atom stereocenters. The molecule has 170 valence electrons. The summed E-state index contributed by atoms with van der Waals surface area (Å²) < 4.78 is 37.7. The van der Waals surface area contributed by atoms with Gasteiger partial charge < -0.3 is 9.47 Å². The minimum atomic E-state index is -3.63. The number of hydrogen-bond acceptors (Lipinski definition) is 7. The molecule has 1 N–H and O–H groups in total. The number of nitrogens with zero attached hydrogens (tertiary/aromatic N) is 1. The number of carbonyl (C=O) groups is 1. The van der Waals surface area contributed by atoms with Gasteiger partial charge in [0.2, 0.25) is 10.0 Å². The minimum absolute atomic E-state index is 0.0574. The van der Waals surface area contributed by atoms with Crippen molar-refractivity contribution in [1.82, 2.24) is 9.71 Å². The van der Waals surface area contributed by atoms with E-state index in [0.717, 1.165) is 32.8 Å². The Morgan fingerprint density at radius 2 is 2.10 bits per heavy atom. The van der Waals surface area contributed by atoms with Gasteiger partial charge >= 0.3 is 0 Å². The van der Waals surface area contributed by atoms with Gasteiger partial charge in [0.1, 0.15) is 12.4 Å². The van der Waals surface area contributed by atoms with E-state index in [9.17, 15) is 13.2 Å². The van der Waals surface area contributed by atoms with Gasteiger partial charge in [-0.2, -0.15) is 0 Å². The van der Waals surface area contributed by atoms with Crippen molar-refractivity contribution >= 4 is 49.3 Å². The minimum Gasteiger partial charge on any atom is -0.491 e. The van der Waals surface area contributed by atoms with E-state index < -0.39 is 15.9 Å². The Balaban J connectivity index is 2.14. The molecule has 2 rings (SSSR count). The highest BCUT2D eigenvalue weighted by molar-refractivity contribution is 9.11. The fourth-order valence-electron chi connectivity index (χ4n) is 2.71. The Labute approximate surface area is 196 Å². The maximum absolute atomic E-state index is 12.1. The number of carbonyl (C=O) groups excluding carboxylic acids is 1. The number of methoxy groups -OCH3 is 1. The molecule has 0 saturated heterocycles. The van der Waals surface area contributed by atoms with Crippen LogP contribution in [0.25, 0.3) is 6.08 Å². The maximum Gasteiger partial charge on any atom is 0.257 e. The van der Waals surface area contributed by atoms with E-state index in [4.69, 9.17) is 9.47 Å². The number of rotatable bonds is 13. The number of amides is 1. The number of hydrogen-bond donors (Lipinski definition) is 1. The lowest BCUT2D eigenvalue weighted by atomic mass is 10.0. The molecule has 0 aliphatic heterocycles. The van der Waals surface area contributed by atoms with Crippen molar-refractivity contribution < 1.29 is 22.7 Å². The van der Waals surface area contributed by atoms with Crippen molar-refractivity contribution in [2.75, 3.05) is 26.1 Å². The summed E-state index contributed by atoms with van der Waals surface area (Å²) in [4.78, 5) is 16.5. The zero-order chi connectivity index (χ0) is 22.7. The van der Waals surface area contributed by atoms with Crippen LogP contribution < -0.4 is 9.46 Å². The zero-order valence-corrected chi connectivity index (χ0v) is 20.8. The largest absolute Gasteiger partial charge is 0.491 e. The molecule has 0 fully saturated rings. The smallest absolute Gasteiger partial charge is 0.257 e. The summed E-state index contributed by atoms with van der Waals surface area (Å²) in [5.41, 5.74) is 1.69. The van der Waals surface area contributed by atoms with Crippen LogP contribution in [0.1, 0.15) is 42.3 Å². The van der Waals surface area contributed by atoms with Gasteiger partial charge in [-0.1, -0.05) is 25.8 Å². The second-order valence-corrected chi connectivity index (χ2v) is 11.1. The Bertz CT molecular complexity index is 989. The fraction of sp³-hybridized carbons (Fsp3) is 0.429. The molecule has 0 spiro atoms. The predicted octanol–water partition coefficient (Wildman–Crippen LogP) is 4.17. The van der Waals surface area contributed by atoms with Crippen molar-refractivity contribution in [3.05, 3.63) is 50.4 Å². The van der Waals surface area contributed by atoms with E-state index in [1.807, 2.05) is 19.1 Å². The number of aromatic nitrogens is 1. The highest BCUT2D eigenvalue weighted by atomic mass is 79.9. The van der Waals surface area contributed by atoms with Crippen LogP contribution in [0.3, 0.4) is 0 Å². The van der Waals surface area contributed by atoms with Crippen LogP contribution in [0, 0.1) is 0 Å². The first-order chi connectivity index (χ1) is 14.8. The van der Waals surface area contributed by atoms with Crippen LogP contribution in [-0.2, 0) is 26.0 Å². The van der Waals surface area contributed by atoms with Crippen molar-refractivity contribution in [1.29, 1.82) is 0 Å². The first kappa shape index (κ1) is 25.5. The molecule has 1 aromatic heterocycles. The summed E-state index contributed by atoms with van der Waals surface area (Å²) in [5.74, 6) is -0.0411. The zero-order valence-electron chi connectivity index (χ0n) is 17.6. The van der Waals surface area contributed by atoms with Crippen molar-refractivity contribution in [2.45, 2.75) is 32.6 Å². The Morgan fingerprint density at radius 3 is 2.77 bits per heavy atom. The molecular weight excluding hydrogens is 504 g/mol. The summed E-state index contributed by atoms with van der Waals surface area (Å²) in [6.45, 7) is 2.89. The quantitative estimate of drug-likeness (QED) is 0.308. The number of unbranched alkanes of at least 4 members (excludes halogenated alkanes) is 2. The fourth-order valence-corrected chi connectivity index (χ4v) is 5.10. The van der Waals surface area contributed by atoms with Gasteiger partial charge in [-0.15, -0.1) is 11.3 Å². The molecule has 1 heterocycles. The number of thiazole rings is 1. The maximum atomic E-state index is 12.1. The third kappa shape index (κ3) is 9.51. The molecule has 0 unspecified atom stereocenters. The molecule has 0 aliphatic rings. The molecule has 1 amide bonds. The van der Waals surface area contributed by atoms with Gasteiger partial charge in [-0.25, -0.2) is 18.1 Å². The summed E-state index contributed by atoms with van der Waals surface area (Å²) in [7, 11) is -2.02. The predicted molar refractivity (Wildman–Crippen MR) is 127 cm³/mol. The molecule has 0 aliphatic carbocycles. The molecule has 7 nitrogen and oxygen atoms in total. The Kier molecular flexibility index (Phi) is 10.7. The van der Waals surface area contributed by atoms with Gasteiger partial charge in [0.25, 0.3) is 5.91 Å². The first-order valence-electron chi connectivity index (χ1n) is 9.90. The number of nitrogens with one attached hydrogen (secondary N) is 1. The van der Waals surface area contributed by atoms with Crippen LogP contribution in [0.15, 0.2) is 34.3 Å². The third-order valence-corrected chi connectivity index (χ3v) is 7.04. The van der Waals surface area contributed by atoms with E-state index in [0.29, 0.717) is 31.8 Å². The lowest BCUT2D eigenvalue weighted by Crippen LogP contribution is -2.31. The standard InChI is InChI=1S/C21H27BrN2O5S2/c1-3-4-5-12-31(26,27)24-20(25)9-7-16-6-8-18(29-11-10-28-2)13-17(16)14-21-23-15-19(22)30-21/h6-9,13,15H,3-5,10-12,14H2,1-2H3,(H,24,25). The molecule has 2 aromatic rings. The normalized spacial score (nSPS) is 11.7. The first-order valence-corrected chi connectivity index (χ1v) is 13.2. The van der Waals surface area contributed by atoms with Gasteiger partial charge in [-0.3, -0.25) is 4.79 Å². The monoisotopic (exact) mass is 530 g/mol. The Hall–Kier alpha value is -1.75. The lowest BCUT2D eigenvalue weighted by Gasteiger charge is -2.10. The second-order valence-electron chi connectivity index (χ2n) is 6.76. The average Bonchev–Trinajstić information content (AvgIpc) is 3.12. The topological polar surface area (TPSA) is 94.6 Å². The highest BCUT2D eigenvalue weighted by Gasteiger charge is 2.13. The van der Waals surface area contributed by atoms with Crippen LogP contribution in [-0.4, -0.2) is 45.4 Å². The molecule has 0 saturated carbocycles. The van der Waals surface area contributed by atoms with Crippen LogP contribution in [0.4, 0.5) is 0 Å². The van der Waals surface area contributed by atoms with Crippen molar-refractivity contribution in [2.24, 2.45) is 0 Å². The summed E-state index contributed by atoms with van der Waals surface area (Å²) in [5, 5.41) is 0.901. The lowest BCUT2D eigenvalue weighted by molar-refractivity contribution is -0.114. The van der Waals surface area contributed by atoms with Crippen molar-refractivity contribution in [3.63, 3.8) is 0 Å². The number of benzene rings is 1. The number of sulfonamides is 1. The molecule has 10 heteroatoms. The second kappa shape index (κ2) is 12.9. The molecule has 0 radical (unpaired) electrons. The van der Waals surface area contributed by atoms with Gasteiger partial charge in [0, 0.05) is 19.6 Å². The molecule has 0 bridgehead atoms. The summed E-state index contributed by atoms with van der Waals surface area (Å²) >= 11 is 4.94. The number of halogens is 1. The summed E-state index contributed by atoms with van der Waals surface area (Å²) in [6.07, 6.45) is 7.38. The molecular formula is C21H27BrN2O5S2. The number of ether oxygens (including phenoxy) is 2. The SMILES string of the molecule is CCCCCS(=O)(=O)NC(=O)C=Cc1ccc(OCCOC)cc1Cc1ncc(Br)s1. The van der Waals surface area contributed by atoms with E-state index in [-0.39, 0.29) is 5.75 Å². The highest BCUT2D eigenvalue weighted by Crippen LogP contribution is 2.26. The van der Waals surface area contributed by atoms with E-state index >= 15 is 0 Å². The van der Waals surface area contributed by atoms with E-state index in [1.54, 1.807) is 25.4 Å². The van der Waals surface area contributed by atoms with Crippen molar-refractivity contribution in [3.8, 4) is 5.75 Å². The van der Waals surface area contributed by atoms with Gasteiger partial charge in [-0.05, 0) is 51.7 Å². The van der Waals surface area contributed by atoms with Gasteiger partial charge in [0.05, 0.1) is 27.4 Å². The summed E-state index contributed by atoms with van der Waals surface area (Å²) in [6, 6.07) is 5.53. The van der Waals surface area contributed by atoms with E-state index in [1.165, 1.54) is 17.4 Å². The average molecular weight is 531 g/mol. The Morgan fingerprint density at radius 1 is 1.29 bits per heavy atom. The van der Waals surface area contributed by atoms with Gasteiger partial charge in [0.15, 0.2) is 0 Å².